The number of morpholine rings is 1. The lowest BCUT2D eigenvalue weighted by atomic mass is 10.1. The fourth-order valence-electron chi connectivity index (χ4n) is 3.38. The quantitative estimate of drug-likeness (QED) is 0.789. The first kappa shape index (κ1) is 16.0. The predicted octanol–water partition coefficient (Wildman–Crippen LogP) is 1.44. The number of ether oxygens (including phenoxy) is 2. The van der Waals surface area contributed by atoms with E-state index in [0.29, 0.717) is 24.5 Å². The number of imide groups is 1. The van der Waals surface area contributed by atoms with Gasteiger partial charge in [-0.25, -0.2) is 4.90 Å². The molecule has 2 fully saturated rings. The molecule has 124 valence electrons. The molecule has 6 nitrogen and oxygen atoms in total. The second-order valence-corrected chi connectivity index (χ2v) is 6.20. The molecule has 1 aromatic rings. The minimum atomic E-state index is -0.390. The molecule has 0 bridgehead atoms. The van der Waals surface area contributed by atoms with Gasteiger partial charge < -0.3 is 9.47 Å². The summed E-state index contributed by atoms with van der Waals surface area (Å²) in [5.74, 6) is 0.388. The maximum absolute atomic E-state index is 12.8. The van der Waals surface area contributed by atoms with Crippen molar-refractivity contribution in [3.05, 3.63) is 24.3 Å². The fourth-order valence-corrected chi connectivity index (χ4v) is 3.38. The summed E-state index contributed by atoms with van der Waals surface area (Å²) in [4.78, 5) is 28.5. The zero-order valence-corrected chi connectivity index (χ0v) is 13.7. The van der Waals surface area contributed by atoms with Crippen molar-refractivity contribution in [3.8, 4) is 5.75 Å². The highest BCUT2D eigenvalue weighted by Crippen LogP contribution is 2.28. The van der Waals surface area contributed by atoms with Gasteiger partial charge in [0, 0.05) is 13.1 Å². The van der Waals surface area contributed by atoms with Gasteiger partial charge in [-0.15, -0.1) is 0 Å². The number of methoxy groups -OCH3 is 1. The molecule has 3 rings (SSSR count). The van der Waals surface area contributed by atoms with Crippen LogP contribution in [0.4, 0.5) is 5.69 Å². The highest BCUT2D eigenvalue weighted by Gasteiger charge is 2.44. The molecule has 0 aliphatic carbocycles. The molecule has 2 saturated heterocycles. The van der Waals surface area contributed by atoms with E-state index in [0.717, 1.165) is 0 Å². The molecular weight excluding hydrogens is 296 g/mol. The van der Waals surface area contributed by atoms with Crippen molar-refractivity contribution in [2.24, 2.45) is 0 Å². The van der Waals surface area contributed by atoms with Gasteiger partial charge in [0.25, 0.3) is 5.91 Å². The number of carbonyl (C=O) groups excluding carboxylic acids is 2. The molecule has 0 unspecified atom stereocenters. The van der Waals surface area contributed by atoms with E-state index in [9.17, 15) is 9.59 Å². The number of nitrogens with zero attached hydrogens (tertiary/aromatic N) is 2. The molecule has 6 heteroatoms. The summed E-state index contributed by atoms with van der Waals surface area (Å²) in [5.41, 5.74) is 0.595. The van der Waals surface area contributed by atoms with Gasteiger partial charge in [0.2, 0.25) is 5.91 Å². The lowest BCUT2D eigenvalue weighted by molar-refractivity contribution is -0.127. The summed E-state index contributed by atoms with van der Waals surface area (Å²) >= 11 is 0. The first-order valence-electron chi connectivity index (χ1n) is 7.90. The molecule has 2 aliphatic rings. The van der Waals surface area contributed by atoms with Crippen LogP contribution in [0.25, 0.3) is 0 Å². The van der Waals surface area contributed by atoms with Crippen LogP contribution < -0.4 is 9.64 Å². The van der Waals surface area contributed by atoms with E-state index in [2.05, 4.69) is 4.90 Å². The summed E-state index contributed by atoms with van der Waals surface area (Å²) in [5, 5.41) is 0. The fraction of sp³-hybridized carbons (Fsp3) is 0.529. The topological polar surface area (TPSA) is 59.1 Å². The van der Waals surface area contributed by atoms with E-state index >= 15 is 0 Å². The number of rotatable bonds is 3. The summed E-state index contributed by atoms with van der Waals surface area (Å²) in [6.07, 6.45) is 0.359. The normalized spacial score (nSPS) is 29.2. The van der Waals surface area contributed by atoms with Crippen LogP contribution in [0.2, 0.25) is 0 Å². The minimum absolute atomic E-state index is 0.0664. The van der Waals surface area contributed by atoms with Gasteiger partial charge in [0.15, 0.2) is 0 Å². The van der Waals surface area contributed by atoms with Gasteiger partial charge in [0.1, 0.15) is 5.75 Å². The molecule has 3 atom stereocenters. The largest absolute Gasteiger partial charge is 0.497 e. The molecule has 0 spiro atoms. The Morgan fingerprint density at radius 1 is 1.09 bits per heavy atom. The maximum Gasteiger partial charge on any atom is 0.251 e. The van der Waals surface area contributed by atoms with E-state index in [-0.39, 0.29) is 30.4 Å². The number of anilines is 1. The van der Waals surface area contributed by atoms with Crippen LogP contribution in [0, 0.1) is 0 Å². The second-order valence-electron chi connectivity index (χ2n) is 6.20. The third-order valence-electron chi connectivity index (χ3n) is 4.34. The smallest absolute Gasteiger partial charge is 0.251 e. The average molecular weight is 318 g/mol. The van der Waals surface area contributed by atoms with Crippen molar-refractivity contribution in [1.82, 2.24) is 4.90 Å². The molecule has 23 heavy (non-hydrogen) atoms. The predicted molar refractivity (Wildman–Crippen MR) is 85.5 cm³/mol. The van der Waals surface area contributed by atoms with Crippen molar-refractivity contribution in [1.29, 1.82) is 0 Å². The van der Waals surface area contributed by atoms with Crippen molar-refractivity contribution in [3.63, 3.8) is 0 Å². The van der Waals surface area contributed by atoms with Crippen molar-refractivity contribution in [2.75, 3.05) is 25.1 Å². The lowest BCUT2D eigenvalue weighted by Crippen LogP contribution is -2.52. The van der Waals surface area contributed by atoms with Gasteiger partial charge >= 0.3 is 0 Å². The highest BCUT2D eigenvalue weighted by atomic mass is 16.5. The van der Waals surface area contributed by atoms with Gasteiger partial charge in [-0.3, -0.25) is 14.5 Å². The highest BCUT2D eigenvalue weighted by molar-refractivity contribution is 6.22. The van der Waals surface area contributed by atoms with E-state index in [1.54, 1.807) is 31.4 Å². The Labute approximate surface area is 136 Å². The summed E-state index contributed by atoms with van der Waals surface area (Å²) in [6.45, 7) is 5.32. The van der Waals surface area contributed by atoms with Gasteiger partial charge in [-0.2, -0.15) is 0 Å². The van der Waals surface area contributed by atoms with Gasteiger partial charge in [-0.1, -0.05) is 0 Å². The number of amides is 2. The third kappa shape index (κ3) is 3.09. The zero-order chi connectivity index (χ0) is 16.6. The van der Waals surface area contributed by atoms with E-state index in [1.807, 2.05) is 13.8 Å². The maximum atomic E-state index is 12.8. The molecular formula is C17H22N2O4. The first-order chi connectivity index (χ1) is 11.0. The van der Waals surface area contributed by atoms with E-state index in [1.165, 1.54) is 4.90 Å². The van der Waals surface area contributed by atoms with Crippen LogP contribution in [0.5, 0.6) is 5.75 Å². The molecule has 2 heterocycles. The standard InChI is InChI=1S/C17H22N2O4/c1-11-9-18(10-12(2)23-11)15-8-16(20)19(17(15)21)13-4-6-14(22-3)7-5-13/h4-7,11-12,15H,8-10H2,1-3H3/t11-,12+,15-/m1/s1. The van der Waals surface area contributed by atoms with E-state index in [4.69, 9.17) is 9.47 Å². The van der Waals surface area contributed by atoms with Crippen molar-refractivity contribution < 1.29 is 19.1 Å². The molecule has 0 aromatic heterocycles. The number of benzene rings is 1. The Morgan fingerprint density at radius 2 is 1.70 bits per heavy atom. The van der Waals surface area contributed by atoms with Crippen LogP contribution in [-0.2, 0) is 14.3 Å². The zero-order valence-electron chi connectivity index (χ0n) is 13.7. The van der Waals surface area contributed by atoms with E-state index < -0.39 is 6.04 Å². The minimum Gasteiger partial charge on any atom is -0.497 e. The van der Waals surface area contributed by atoms with Crippen molar-refractivity contribution >= 4 is 17.5 Å². The van der Waals surface area contributed by atoms with Crippen LogP contribution in [0.3, 0.4) is 0 Å². The first-order valence-corrected chi connectivity index (χ1v) is 7.90. The van der Waals surface area contributed by atoms with Crippen LogP contribution >= 0.6 is 0 Å². The van der Waals surface area contributed by atoms with Gasteiger partial charge in [-0.05, 0) is 38.1 Å². The molecule has 0 saturated carbocycles. The number of hydrogen-bond acceptors (Lipinski definition) is 5. The van der Waals surface area contributed by atoms with Crippen LogP contribution in [0.15, 0.2) is 24.3 Å². The lowest BCUT2D eigenvalue weighted by Gasteiger charge is -2.37. The second kappa shape index (κ2) is 6.29. The van der Waals surface area contributed by atoms with Crippen molar-refractivity contribution in [2.45, 2.75) is 38.5 Å². The third-order valence-corrected chi connectivity index (χ3v) is 4.34. The molecule has 0 N–H and O–H groups in total. The summed E-state index contributed by atoms with van der Waals surface area (Å²) < 4.78 is 10.8. The Kier molecular flexibility index (Phi) is 4.37. The Morgan fingerprint density at radius 3 is 2.26 bits per heavy atom. The summed E-state index contributed by atoms with van der Waals surface area (Å²) in [7, 11) is 1.58. The Balaban J connectivity index is 1.79. The Hall–Kier alpha value is -1.92. The molecule has 1 aromatic carbocycles. The van der Waals surface area contributed by atoms with Gasteiger partial charge in [0.05, 0.1) is 37.5 Å². The van der Waals surface area contributed by atoms with Crippen LogP contribution in [0.1, 0.15) is 20.3 Å². The number of carbonyl (C=O) groups is 2. The monoisotopic (exact) mass is 318 g/mol. The molecule has 0 radical (unpaired) electrons. The number of hydrogen-bond donors (Lipinski definition) is 0. The molecule has 2 amide bonds. The average Bonchev–Trinajstić information content (AvgIpc) is 2.81. The summed E-state index contributed by atoms with van der Waals surface area (Å²) in [6, 6.07) is 6.59. The molecule has 2 aliphatic heterocycles. The Bertz CT molecular complexity index is 591. The van der Waals surface area contributed by atoms with Crippen LogP contribution in [-0.4, -0.2) is 55.2 Å². The SMILES string of the molecule is COc1ccc(N2C(=O)C[C@@H](N3C[C@@H](C)O[C@@H](C)C3)C2=O)cc1.